The number of esters is 1. The topological polar surface area (TPSA) is 88.6 Å². The van der Waals surface area contributed by atoms with Gasteiger partial charge in [0.05, 0.1) is 13.2 Å². The van der Waals surface area contributed by atoms with Gasteiger partial charge in [-0.1, -0.05) is 31.2 Å². The van der Waals surface area contributed by atoms with Crippen LogP contribution in [-0.4, -0.2) is 50.4 Å². The third kappa shape index (κ3) is 4.52. The monoisotopic (exact) mass is 425 g/mol. The number of sulfonamides is 1. The first-order chi connectivity index (χ1) is 13.0. The van der Waals surface area contributed by atoms with Gasteiger partial charge in [0, 0.05) is 25.8 Å². The van der Waals surface area contributed by atoms with Gasteiger partial charge in [0.1, 0.15) is 10.6 Å². The maximum absolute atomic E-state index is 13.2. The van der Waals surface area contributed by atoms with E-state index in [0.717, 1.165) is 12.0 Å². The molecule has 7 nitrogen and oxygen atoms in total. The highest BCUT2D eigenvalue weighted by molar-refractivity contribution is 7.89. The van der Waals surface area contributed by atoms with Gasteiger partial charge in [-0.05, 0) is 29.7 Å². The molecule has 2 aromatic rings. The number of benzene rings is 1. The molecule has 9 heteroatoms. The van der Waals surface area contributed by atoms with Gasteiger partial charge in [0.25, 0.3) is 0 Å². The molecule has 1 atom stereocenters. The highest BCUT2D eigenvalue weighted by Crippen LogP contribution is 2.29. The van der Waals surface area contributed by atoms with Crippen molar-refractivity contribution in [1.82, 2.24) is 14.6 Å². The molecule has 0 radical (unpaired) electrons. The number of methoxy groups -OCH3 is 1. The van der Waals surface area contributed by atoms with Gasteiger partial charge in [0.2, 0.25) is 10.0 Å². The fourth-order valence-electron chi connectivity index (χ4n) is 3.13. The average Bonchev–Trinajstić information content (AvgIpc) is 2.73. The molecule has 0 bridgehead atoms. The Kier molecular flexibility index (Phi) is 7.54. The molecule has 1 saturated heterocycles. The van der Waals surface area contributed by atoms with Crippen LogP contribution < -0.4 is 5.32 Å². The smallest absolute Gasteiger partial charge is 0.356 e. The van der Waals surface area contributed by atoms with Gasteiger partial charge in [0.15, 0.2) is 0 Å². The molecule has 1 unspecified atom stereocenters. The van der Waals surface area contributed by atoms with Crippen LogP contribution in [0.1, 0.15) is 34.6 Å². The minimum atomic E-state index is -3.75. The summed E-state index contributed by atoms with van der Waals surface area (Å²) in [6, 6.07) is 10.5. The molecule has 1 aliphatic rings. The molecule has 28 heavy (non-hydrogen) atoms. The van der Waals surface area contributed by atoms with E-state index >= 15 is 0 Å². The number of hydrogen-bond donors (Lipinski definition) is 1. The Morgan fingerprint density at radius 3 is 2.54 bits per heavy atom. The van der Waals surface area contributed by atoms with Crippen molar-refractivity contribution in [3.8, 4) is 0 Å². The molecule has 3 rings (SSSR count). The van der Waals surface area contributed by atoms with E-state index in [1.165, 1.54) is 35.3 Å². The molecule has 2 heterocycles. The van der Waals surface area contributed by atoms with Crippen molar-refractivity contribution in [3.05, 3.63) is 59.4 Å². The number of carbonyl (C=O) groups is 1. The molecule has 1 fully saturated rings. The Morgan fingerprint density at radius 1 is 1.25 bits per heavy atom. The number of hydrogen-bond acceptors (Lipinski definition) is 6. The van der Waals surface area contributed by atoms with E-state index in [-0.39, 0.29) is 29.0 Å². The average molecular weight is 426 g/mol. The lowest BCUT2D eigenvalue weighted by atomic mass is 10.0. The summed E-state index contributed by atoms with van der Waals surface area (Å²) >= 11 is 0. The predicted octanol–water partition coefficient (Wildman–Crippen LogP) is 2.19. The highest BCUT2D eigenvalue weighted by Gasteiger charge is 2.34. The van der Waals surface area contributed by atoms with E-state index < -0.39 is 16.0 Å². The van der Waals surface area contributed by atoms with Crippen molar-refractivity contribution in [1.29, 1.82) is 0 Å². The lowest BCUT2D eigenvalue weighted by Crippen LogP contribution is -2.48. The third-order valence-electron chi connectivity index (χ3n) is 4.70. The normalized spacial score (nSPS) is 17.6. The lowest BCUT2D eigenvalue weighted by molar-refractivity contribution is 0.0594. The standard InChI is InChI=1S/C19H23N3O4S.ClH/c1-3-14-4-6-15(7-5-14)18-13-20-10-11-22(18)27(24,25)16-8-9-17(21-12-16)19(23)26-2;/h4-9,12,18,20H,3,10-11,13H2,1-2H3;1H. The number of carbonyl (C=O) groups excluding carboxylic acids is 1. The Balaban J connectivity index is 0.00000280. The Hall–Kier alpha value is -2.00. The Bertz CT molecular complexity index is 902. The largest absolute Gasteiger partial charge is 0.464 e. The van der Waals surface area contributed by atoms with E-state index in [1.807, 2.05) is 24.3 Å². The molecular weight excluding hydrogens is 402 g/mol. The fourth-order valence-corrected chi connectivity index (χ4v) is 4.69. The number of rotatable bonds is 5. The second-order valence-corrected chi connectivity index (χ2v) is 8.19. The van der Waals surface area contributed by atoms with Crippen LogP contribution >= 0.6 is 12.4 Å². The van der Waals surface area contributed by atoms with Gasteiger partial charge in [-0.25, -0.2) is 18.2 Å². The summed E-state index contributed by atoms with van der Waals surface area (Å²) in [5.41, 5.74) is 2.23. The summed E-state index contributed by atoms with van der Waals surface area (Å²) in [6.07, 6.45) is 2.14. The van der Waals surface area contributed by atoms with Crippen LogP contribution in [0.2, 0.25) is 0 Å². The molecule has 1 aromatic heterocycles. The van der Waals surface area contributed by atoms with E-state index in [2.05, 4.69) is 22.0 Å². The summed E-state index contributed by atoms with van der Waals surface area (Å²) in [7, 11) is -2.49. The van der Waals surface area contributed by atoms with E-state index in [4.69, 9.17) is 0 Å². The zero-order valence-electron chi connectivity index (χ0n) is 15.8. The van der Waals surface area contributed by atoms with Crippen molar-refractivity contribution in [2.75, 3.05) is 26.7 Å². The molecular formula is C19H24ClN3O4S. The van der Waals surface area contributed by atoms with Crippen molar-refractivity contribution in [3.63, 3.8) is 0 Å². The van der Waals surface area contributed by atoms with Crippen molar-refractivity contribution in [2.24, 2.45) is 0 Å². The Labute approximate surface area is 171 Å². The van der Waals surface area contributed by atoms with Crippen LogP contribution in [0.4, 0.5) is 0 Å². The van der Waals surface area contributed by atoms with Crippen LogP contribution in [0.15, 0.2) is 47.5 Å². The summed E-state index contributed by atoms with van der Waals surface area (Å²) in [5, 5.41) is 3.26. The second kappa shape index (κ2) is 9.47. The van der Waals surface area contributed by atoms with E-state index in [1.54, 1.807) is 0 Å². The highest BCUT2D eigenvalue weighted by atomic mass is 35.5. The number of nitrogens with zero attached hydrogens (tertiary/aromatic N) is 2. The van der Waals surface area contributed by atoms with Gasteiger partial charge >= 0.3 is 5.97 Å². The quantitative estimate of drug-likeness (QED) is 0.738. The van der Waals surface area contributed by atoms with Crippen LogP contribution in [-0.2, 0) is 21.2 Å². The SMILES string of the molecule is CCc1ccc(C2CNCCN2S(=O)(=O)c2ccc(C(=O)OC)nc2)cc1.Cl. The molecule has 1 aromatic carbocycles. The van der Waals surface area contributed by atoms with Crippen molar-refractivity contribution < 1.29 is 17.9 Å². The molecule has 1 aliphatic heterocycles. The van der Waals surface area contributed by atoms with Gasteiger partial charge in [-0.15, -0.1) is 12.4 Å². The summed E-state index contributed by atoms with van der Waals surface area (Å²) in [4.78, 5) is 15.5. The molecule has 0 amide bonds. The minimum Gasteiger partial charge on any atom is -0.464 e. The number of ether oxygens (including phenoxy) is 1. The first-order valence-corrected chi connectivity index (χ1v) is 10.3. The van der Waals surface area contributed by atoms with Crippen molar-refractivity contribution in [2.45, 2.75) is 24.3 Å². The third-order valence-corrected chi connectivity index (χ3v) is 6.60. The second-order valence-electron chi connectivity index (χ2n) is 6.30. The van der Waals surface area contributed by atoms with Crippen molar-refractivity contribution >= 4 is 28.4 Å². The zero-order valence-corrected chi connectivity index (χ0v) is 17.4. The zero-order chi connectivity index (χ0) is 19.4. The molecule has 1 N–H and O–H groups in total. The molecule has 0 saturated carbocycles. The number of halogens is 1. The maximum atomic E-state index is 13.2. The first kappa shape index (κ1) is 22.3. The summed E-state index contributed by atoms with van der Waals surface area (Å²) in [6.45, 7) is 3.56. The summed E-state index contributed by atoms with van der Waals surface area (Å²) < 4.78 is 32.5. The molecule has 0 aliphatic carbocycles. The van der Waals surface area contributed by atoms with Gasteiger partial charge < -0.3 is 10.1 Å². The van der Waals surface area contributed by atoms with Gasteiger partial charge in [-0.2, -0.15) is 4.31 Å². The minimum absolute atomic E-state index is 0. The van der Waals surface area contributed by atoms with Crippen LogP contribution in [0.3, 0.4) is 0 Å². The summed E-state index contributed by atoms with van der Waals surface area (Å²) in [5.74, 6) is -0.602. The van der Waals surface area contributed by atoms with Crippen LogP contribution in [0.5, 0.6) is 0 Å². The fraction of sp³-hybridized carbons (Fsp3) is 0.368. The molecule has 0 spiro atoms. The lowest BCUT2D eigenvalue weighted by Gasteiger charge is -2.35. The number of aryl methyl sites for hydroxylation is 1. The van der Waals surface area contributed by atoms with E-state index in [0.29, 0.717) is 19.6 Å². The number of pyridine rings is 1. The van der Waals surface area contributed by atoms with Gasteiger partial charge in [-0.3, -0.25) is 0 Å². The first-order valence-electron chi connectivity index (χ1n) is 8.83. The maximum Gasteiger partial charge on any atom is 0.356 e. The van der Waals surface area contributed by atoms with Crippen LogP contribution in [0, 0.1) is 0 Å². The number of nitrogens with one attached hydrogen (secondary N) is 1. The van der Waals surface area contributed by atoms with E-state index in [9.17, 15) is 13.2 Å². The number of piperazine rings is 1. The van der Waals surface area contributed by atoms with Crippen LogP contribution in [0.25, 0.3) is 0 Å². The predicted molar refractivity (Wildman–Crippen MR) is 108 cm³/mol. The number of aromatic nitrogens is 1. The Morgan fingerprint density at radius 2 is 1.96 bits per heavy atom. The molecule has 152 valence electrons.